The maximum Gasteiger partial charge on any atom is 0.255 e. The van der Waals surface area contributed by atoms with Crippen molar-refractivity contribution in [1.82, 2.24) is 29.9 Å². The van der Waals surface area contributed by atoms with Gasteiger partial charge < -0.3 is 4.90 Å². The second kappa shape index (κ2) is 7.11. The topological polar surface area (TPSA) is 79.7 Å². The summed E-state index contributed by atoms with van der Waals surface area (Å²) in [6.45, 7) is 3.65. The van der Waals surface area contributed by atoms with E-state index in [0.717, 1.165) is 32.4 Å². The van der Waals surface area contributed by atoms with Crippen molar-refractivity contribution >= 4 is 5.91 Å². The van der Waals surface area contributed by atoms with E-state index in [-0.39, 0.29) is 5.91 Å². The molecule has 1 amide bonds. The quantitative estimate of drug-likeness (QED) is 0.783. The number of nitrogens with one attached hydrogen (secondary N) is 1. The summed E-state index contributed by atoms with van der Waals surface area (Å²) in [6.07, 6.45) is 10.1. The van der Waals surface area contributed by atoms with Crippen molar-refractivity contribution in [3.05, 3.63) is 59.8 Å². The number of nitrogens with zero attached hydrogens (tertiary/aromatic N) is 5. The molecule has 0 spiro atoms. The molecule has 1 fully saturated rings. The minimum atomic E-state index is 0.0514. The van der Waals surface area contributed by atoms with Crippen molar-refractivity contribution in [2.45, 2.75) is 26.2 Å². The number of carbonyl (C=O) groups excluding carboxylic acids is 1. The Morgan fingerprint density at radius 1 is 1.35 bits per heavy atom. The van der Waals surface area contributed by atoms with Crippen LogP contribution in [0.25, 0.3) is 5.82 Å². The Morgan fingerprint density at radius 3 is 2.96 bits per heavy atom. The molecule has 1 N–H and O–H groups in total. The molecular formula is C19H22N6O. The highest BCUT2D eigenvalue weighted by molar-refractivity contribution is 5.94. The Balaban J connectivity index is 1.43. The molecule has 26 heavy (non-hydrogen) atoms. The van der Waals surface area contributed by atoms with Crippen molar-refractivity contribution in [2.75, 3.05) is 13.1 Å². The van der Waals surface area contributed by atoms with Crippen LogP contribution in [-0.4, -0.2) is 48.9 Å². The van der Waals surface area contributed by atoms with Crippen LogP contribution in [0.5, 0.6) is 0 Å². The molecule has 1 atom stereocenters. The van der Waals surface area contributed by atoms with Crippen LogP contribution in [0.4, 0.5) is 0 Å². The van der Waals surface area contributed by atoms with Gasteiger partial charge >= 0.3 is 0 Å². The van der Waals surface area contributed by atoms with Crippen LogP contribution >= 0.6 is 0 Å². The van der Waals surface area contributed by atoms with Crippen molar-refractivity contribution < 1.29 is 4.79 Å². The van der Waals surface area contributed by atoms with E-state index in [1.54, 1.807) is 17.1 Å². The van der Waals surface area contributed by atoms with Crippen LogP contribution in [0.3, 0.4) is 0 Å². The number of H-pyrrole nitrogens is 1. The largest absolute Gasteiger partial charge is 0.338 e. The average Bonchev–Trinajstić information content (AvgIpc) is 3.34. The summed E-state index contributed by atoms with van der Waals surface area (Å²) in [5.41, 5.74) is 2.99. The summed E-state index contributed by atoms with van der Waals surface area (Å²) in [4.78, 5) is 19.2. The van der Waals surface area contributed by atoms with E-state index in [2.05, 4.69) is 27.2 Å². The van der Waals surface area contributed by atoms with Gasteiger partial charge in [-0.3, -0.25) is 9.89 Å². The number of hydrogen-bond donors (Lipinski definition) is 1. The van der Waals surface area contributed by atoms with Crippen molar-refractivity contribution in [1.29, 1.82) is 0 Å². The van der Waals surface area contributed by atoms with E-state index in [9.17, 15) is 4.79 Å². The number of aryl methyl sites for hydroxylation is 1. The van der Waals surface area contributed by atoms with Gasteiger partial charge in [-0.25, -0.2) is 9.67 Å². The summed E-state index contributed by atoms with van der Waals surface area (Å²) < 4.78 is 1.68. The number of likely N-dealkylation sites (tertiary alicyclic amines) is 1. The zero-order valence-corrected chi connectivity index (χ0v) is 14.8. The van der Waals surface area contributed by atoms with Crippen LogP contribution in [0, 0.1) is 12.8 Å². The van der Waals surface area contributed by atoms with Gasteiger partial charge in [-0.2, -0.15) is 10.2 Å². The van der Waals surface area contributed by atoms with Gasteiger partial charge in [-0.05, 0) is 55.9 Å². The molecule has 0 aliphatic carbocycles. The highest BCUT2D eigenvalue weighted by Crippen LogP contribution is 2.22. The molecule has 7 heteroatoms. The Bertz CT molecular complexity index is 868. The molecule has 134 valence electrons. The maximum absolute atomic E-state index is 12.9. The number of carbonyl (C=O) groups is 1. The van der Waals surface area contributed by atoms with Gasteiger partial charge in [0.1, 0.15) is 0 Å². The lowest BCUT2D eigenvalue weighted by molar-refractivity contribution is 0.0672. The molecule has 4 heterocycles. The third-order valence-electron chi connectivity index (χ3n) is 4.97. The zero-order chi connectivity index (χ0) is 17.9. The summed E-state index contributed by atoms with van der Waals surface area (Å²) in [5.74, 6) is 1.22. The number of aromatic nitrogens is 5. The minimum absolute atomic E-state index is 0.0514. The highest BCUT2D eigenvalue weighted by Gasteiger charge is 2.25. The summed E-state index contributed by atoms with van der Waals surface area (Å²) in [7, 11) is 0. The summed E-state index contributed by atoms with van der Waals surface area (Å²) in [6, 6.07) is 5.50. The second-order valence-corrected chi connectivity index (χ2v) is 6.85. The fraction of sp³-hybridized carbons (Fsp3) is 0.368. The van der Waals surface area contributed by atoms with E-state index < -0.39 is 0 Å². The number of amides is 1. The molecule has 1 unspecified atom stereocenters. The van der Waals surface area contributed by atoms with Crippen molar-refractivity contribution in [2.24, 2.45) is 5.92 Å². The fourth-order valence-corrected chi connectivity index (χ4v) is 3.52. The van der Waals surface area contributed by atoms with Crippen LogP contribution in [0.1, 0.15) is 34.5 Å². The van der Waals surface area contributed by atoms with Gasteiger partial charge in [0.05, 0.1) is 11.8 Å². The van der Waals surface area contributed by atoms with E-state index in [0.29, 0.717) is 17.3 Å². The lowest BCUT2D eigenvalue weighted by atomic mass is 9.92. The van der Waals surface area contributed by atoms with Gasteiger partial charge in [0.25, 0.3) is 5.91 Å². The fourth-order valence-electron chi connectivity index (χ4n) is 3.52. The first-order valence-electron chi connectivity index (χ1n) is 8.95. The van der Waals surface area contributed by atoms with Crippen LogP contribution < -0.4 is 0 Å². The zero-order valence-electron chi connectivity index (χ0n) is 14.8. The van der Waals surface area contributed by atoms with Crippen LogP contribution in [0.15, 0.2) is 43.0 Å². The predicted octanol–water partition coefficient (Wildman–Crippen LogP) is 2.39. The highest BCUT2D eigenvalue weighted by atomic mass is 16.2. The second-order valence-electron chi connectivity index (χ2n) is 6.85. The van der Waals surface area contributed by atoms with Gasteiger partial charge in [0, 0.05) is 37.4 Å². The number of hydrogen-bond acceptors (Lipinski definition) is 4. The molecule has 3 aromatic rings. The standard InChI is InChI=1S/C19H22N6O/c1-14-11-21-23-17(14)10-15-4-2-8-24(13-15)19(26)16-5-6-18(20-12-16)25-9-3-7-22-25/h3,5-7,9,11-12,15H,2,4,8,10,13H2,1H3,(H,21,23). The third-order valence-corrected chi connectivity index (χ3v) is 4.97. The van der Waals surface area contributed by atoms with Gasteiger partial charge in [0.15, 0.2) is 5.82 Å². The Kier molecular flexibility index (Phi) is 4.51. The maximum atomic E-state index is 12.9. The molecule has 7 nitrogen and oxygen atoms in total. The Morgan fingerprint density at radius 2 is 2.27 bits per heavy atom. The predicted molar refractivity (Wildman–Crippen MR) is 97.0 cm³/mol. The molecule has 1 aliphatic heterocycles. The first-order chi connectivity index (χ1) is 12.7. The normalized spacial score (nSPS) is 17.4. The third kappa shape index (κ3) is 3.37. The minimum Gasteiger partial charge on any atom is -0.338 e. The number of aromatic amines is 1. The van der Waals surface area contributed by atoms with Gasteiger partial charge in [0.2, 0.25) is 0 Å². The van der Waals surface area contributed by atoms with Crippen molar-refractivity contribution in [3.8, 4) is 5.82 Å². The lowest BCUT2D eigenvalue weighted by Crippen LogP contribution is -2.40. The number of rotatable bonds is 4. The van der Waals surface area contributed by atoms with E-state index >= 15 is 0 Å². The molecule has 0 bridgehead atoms. The van der Waals surface area contributed by atoms with E-state index in [1.807, 2.05) is 35.5 Å². The van der Waals surface area contributed by atoms with Crippen LogP contribution in [-0.2, 0) is 6.42 Å². The SMILES string of the molecule is Cc1cn[nH]c1CC1CCCN(C(=O)c2ccc(-n3cccn3)nc2)C1. The molecule has 0 aromatic carbocycles. The molecular weight excluding hydrogens is 328 g/mol. The molecule has 1 saturated heterocycles. The van der Waals surface area contributed by atoms with E-state index in [4.69, 9.17) is 0 Å². The van der Waals surface area contributed by atoms with Crippen molar-refractivity contribution in [3.63, 3.8) is 0 Å². The smallest absolute Gasteiger partial charge is 0.255 e. The Hall–Kier alpha value is -2.96. The molecule has 0 saturated carbocycles. The monoisotopic (exact) mass is 350 g/mol. The molecule has 0 radical (unpaired) electrons. The number of piperidine rings is 1. The first-order valence-corrected chi connectivity index (χ1v) is 8.95. The summed E-state index contributed by atoms with van der Waals surface area (Å²) in [5, 5.41) is 11.3. The molecule has 4 rings (SSSR count). The van der Waals surface area contributed by atoms with Gasteiger partial charge in [-0.1, -0.05) is 0 Å². The van der Waals surface area contributed by atoms with Gasteiger partial charge in [-0.15, -0.1) is 0 Å². The van der Waals surface area contributed by atoms with E-state index in [1.165, 1.54) is 11.3 Å². The lowest BCUT2D eigenvalue weighted by Gasteiger charge is -2.32. The summed E-state index contributed by atoms with van der Waals surface area (Å²) >= 11 is 0. The molecule has 3 aromatic heterocycles. The number of pyridine rings is 1. The first kappa shape index (κ1) is 16.5. The molecule has 1 aliphatic rings. The van der Waals surface area contributed by atoms with Crippen LogP contribution in [0.2, 0.25) is 0 Å². The average molecular weight is 350 g/mol. The Labute approximate surface area is 152 Å².